The lowest BCUT2D eigenvalue weighted by molar-refractivity contribution is -0.136. The van der Waals surface area contributed by atoms with Crippen molar-refractivity contribution in [2.45, 2.75) is 25.1 Å². The highest BCUT2D eigenvalue weighted by Crippen LogP contribution is 2.38. The number of hydrogen-bond donors (Lipinski definition) is 2. The number of rotatable bonds is 4. The minimum Gasteiger partial charge on any atom is -0.492 e. The van der Waals surface area contributed by atoms with E-state index in [4.69, 9.17) is 10.5 Å². The zero-order valence-electron chi connectivity index (χ0n) is 10.3. The topological polar surface area (TPSA) is 64.4 Å². The first-order valence-electron chi connectivity index (χ1n) is 5.87. The molecule has 110 valence electrons. The minimum absolute atomic E-state index is 0.0586. The Balaban J connectivity index is 2.00. The van der Waals surface area contributed by atoms with Crippen LogP contribution in [0, 0.1) is 0 Å². The molecule has 0 saturated heterocycles. The predicted molar refractivity (Wildman–Crippen MR) is 70.5 cm³/mol. The maximum absolute atomic E-state index is 12.0. The number of anilines is 1. The Morgan fingerprint density at radius 1 is 1.40 bits per heavy atom. The molecular formula is C12H12BrF3N2O2. The molecule has 1 unspecified atom stereocenters. The maximum Gasteiger partial charge on any atom is 0.389 e. The van der Waals surface area contributed by atoms with Crippen molar-refractivity contribution in [3.63, 3.8) is 0 Å². The van der Waals surface area contributed by atoms with Gasteiger partial charge in [0.15, 0.2) is 0 Å². The molecule has 4 nitrogen and oxygen atoms in total. The van der Waals surface area contributed by atoms with E-state index in [1.165, 1.54) is 0 Å². The van der Waals surface area contributed by atoms with Gasteiger partial charge in [0, 0.05) is 23.7 Å². The third-order valence-corrected chi connectivity index (χ3v) is 3.46. The molecule has 1 amide bonds. The number of halogens is 4. The Bertz CT molecular complexity index is 534. The molecule has 3 N–H and O–H groups in total. The van der Waals surface area contributed by atoms with Crippen molar-refractivity contribution in [3.8, 4) is 5.75 Å². The molecule has 1 aliphatic heterocycles. The van der Waals surface area contributed by atoms with Gasteiger partial charge in [0.1, 0.15) is 11.8 Å². The van der Waals surface area contributed by atoms with Crippen LogP contribution >= 0.6 is 15.9 Å². The molecule has 0 bridgehead atoms. The third-order valence-electron chi connectivity index (χ3n) is 2.84. The Kier molecular flexibility index (Phi) is 4.24. The van der Waals surface area contributed by atoms with Crippen LogP contribution in [0.5, 0.6) is 5.75 Å². The van der Waals surface area contributed by atoms with Gasteiger partial charge in [-0.05, 0) is 28.4 Å². The van der Waals surface area contributed by atoms with Crippen LogP contribution in [0.2, 0.25) is 0 Å². The fraction of sp³-hybridized carbons (Fsp3) is 0.417. The first-order valence-corrected chi connectivity index (χ1v) is 6.66. The van der Waals surface area contributed by atoms with Gasteiger partial charge in [-0.1, -0.05) is 0 Å². The monoisotopic (exact) mass is 352 g/mol. The lowest BCUT2D eigenvalue weighted by Gasteiger charge is -2.11. The van der Waals surface area contributed by atoms with Crippen molar-refractivity contribution >= 4 is 27.5 Å². The second-order valence-electron chi connectivity index (χ2n) is 4.40. The highest BCUT2D eigenvalue weighted by Gasteiger charge is 2.29. The quantitative estimate of drug-likeness (QED) is 0.818. The number of ether oxygens (including phenoxy) is 1. The predicted octanol–water partition coefficient (Wildman–Crippen LogP) is 3.12. The standard InChI is InChI=1S/C12H12BrF3N2O2/c13-7-4-6-8(18-11(19)10(6)17)5-9(7)20-3-1-2-12(14,15)16/h4-5,10H,1-3,17H2,(H,18,19). The summed E-state index contributed by atoms with van der Waals surface area (Å²) < 4.78 is 41.8. The summed E-state index contributed by atoms with van der Waals surface area (Å²) in [5, 5.41) is 2.58. The molecule has 0 radical (unpaired) electrons. The average molecular weight is 353 g/mol. The average Bonchev–Trinajstić information content (AvgIpc) is 2.60. The van der Waals surface area contributed by atoms with Gasteiger partial charge >= 0.3 is 6.18 Å². The molecule has 20 heavy (non-hydrogen) atoms. The van der Waals surface area contributed by atoms with Crippen molar-refractivity contribution in [1.82, 2.24) is 0 Å². The van der Waals surface area contributed by atoms with Gasteiger partial charge in [-0.2, -0.15) is 13.2 Å². The number of fused-ring (bicyclic) bond motifs is 1. The summed E-state index contributed by atoms with van der Waals surface area (Å²) in [7, 11) is 0. The summed E-state index contributed by atoms with van der Waals surface area (Å²) in [6, 6.07) is 2.45. The fourth-order valence-corrected chi connectivity index (χ4v) is 2.33. The number of carbonyl (C=O) groups is 1. The van der Waals surface area contributed by atoms with Crippen molar-refractivity contribution in [2.75, 3.05) is 11.9 Å². The van der Waals surface area contributed by atoms with E-state index in [-0.39, 0.29) is 18.9 Å². The molecule has 1 aromatic rings. The Labute approximate surface area is 121 Å². The van der Waals surface area contributed by atoms with E-state index >= 15 is 0 Å². The molecule has 0 aromatic heterocycles. The molecule has 0 fully saturated rings. The normalized spacial score (nSPS) is 17.9. The molecule has 2 rings (SSSR count). The van der Waals surface area contributed by atoms with Crippen molar-refractivity contribution in [2.24, 2.45) is 5.73 Å². The number of nitrogens with two attached hydrogens (primary N) is 1. The summed E-state index contributed by atoms with van der Waals surface area (Å²) in [6.45, 7) is -0.0586. The molecule has 1 heterocycles. The van der Waals surface area contributed by atoms with Crippen LogP contribution in [0.1, 0.15) is 24.4 Å². The van der Waals surface area contributed by atoms with Gasteiger partial charge in [-0.3, -0.25) is 4.79 Å². The maximum atomic E-state index is 12.0. The van der Waals surface area contributed by atoms with Crippen LogP contribution in [0.25, 0.3) is 0 Å². The van der Waals surface area contributed by atoms with Crippen LogP contribution in [0.3, 0.4) is 0 Å². The molecule has 8 heteroatoms. The number of benzene rings is 1. The van der Waals surface area contributed by atoms with Crippen molar-refractivity contribution in [3.05, 3.63) is 22.2 Å². The molecule has 1 atom stereocenters. The SMILES string of the molecule is NC1C(=O)Nc2cc(OCCCC(F)(F)F)c(Br)cc21. The number of carbonyl (C=O) groups excluding carboxylic acids is 1. The minimum atomic E-state index is -4.18. The lowest BCUT2D eigenvalue weighted by Crippen LogP contribution is -2.19. The molecule has 0 saturated carbocycles. The Morgan fingerprint density at radius 2 is 2.10 bits per heavy atom. The number of amides is 1. The zero-order valence-corrected chi connectivity index (χ0v) is 11.8. The second kappa shape index (κ2) is 5.61. The van der Waals surface area contributed by atoms with Gasteiger partial charge in [-0.15, -0.1) is 0 Å². The second-order valence-corrected chi connectivity index (χ2v) is 5.26. The first-order chi connectivity index (χ1) is 9.28. The molecule has 0 spiro atoms. The van der Waals surface area contributed by atoms with E-state index in [1.54, 1.807) is 12.1 Å². The van der Waals surface area contributed by atoms with Crippen molar-refractivity contribution in [1.29, 1.82) is 0 Å². The summed E-state index contributed by atoms with van der Waals surface area (Å²) in [6.07, 6.45) is -5.20. The Hall–Kier alpha value is -1.28. The zero-order chi connectivity index (χ0) is 14.9. The van der Waals surface area contributed by atoms with Crippen LogP contribution in [0.15, 0.2) is 16.6 Å². The van der Waals surface area contributed by atoms with Gasteiger partial charge in [0.25, 0.3) is 0 Å². The highest BCUT2D eigenvalue weighted by molar-refractivity contribution is 9.10. The number of alkyl halides is 3. The van der Waals surface area contributed by atoms with Gasteiger partial charge in [0.2, 0.25) is 5.91 Å². The van der Waals surface area contributed by atoms with Crippen LogP contribution in [-0.2, 0) is 4.79 Å². The van der Waals surface area contributed by atoms with E-state index in [1.807, 2.05) is 0 Å². The first kappa shape index (κ1) is 15.1. The summed E-state index contributed by atoms with van der Waals surface area (Å²) in [5.41, 5.74) is 6.83. The highest BCUT2D eigenvalue weighted by atomic mass is 79.9. The molecule has 0 aliphatic carbocycles. The van der Waals surface area contributed by atoms with E-state index < -0.39 is 18.6 Å². The molecule has 1 aliphatic rings. The molecule has 1 aromatic carbocycles. The van der Waals surface area contributed by atoms with E-state index in [9.17, 15) is 18.0 Å². The van der Waals surface area contributed by atoms with Crippen LogP contribution in [0.4, 0.5) is 18.9 Å². The van der Waals surface area contributed by atoms with Crippen LogP contribution < -0.4 is 15.8 Å². The van der Waals surface area contributed by atoms with E-state index in [2.05, 4.69) is 21.2 Å². The number of nitrogens with one attached hydrogen (secondary N) is 1. The van der Waals surface area contributed by atoms with E-state index in [0.717, 1.165) is 0 Å². The summed E-state index contributed by atoms with van der Waals surface area (Å²) in [5.74, 6) is 0.0569. The van der Waals surface area contributed by atoms with Gasteiger partial charge in [-0.25, -0.2) is 0 Å². The van der Waals surface area contributed by atoms with Crippen molar-refractivity contribution < 1.29 is 22.7 Å². The Morgan fingerprint density at radius 3 is 2.75 bits per heavy atom. The lowest BCUT2D eigenvalue weighted by atomic mass is 10.1. The summed E-state index contributed by atoms with van der Waals surface area (Å²) >= 11 is 3.25. The number of hydrogen-bond acceptors (Lipinski definition) is 3. The fourth-order valence-electron chi connectivity index (χ4n) is 1.85. The van der Waals surface area contributed by atoms with Gasteiger partial charge in [0.05, 0.1) is 11.1 Å². The van der Waals surface area contributed by atoms with E-state index in [0.29, 0.717) is 21.5 Å². The summed E-state index contributed by atoms with van der Waals surface area (Å²) in [4.78, 5) is 11.4. The smallest absolute Gasteiger partial charge is 0.389 e. The largest absolute Gasteiger partial charge is 0.492 e. The third kappa shape index (κ3) is 3.43. The van der Waals surface area contributed by atoms with Crippen LogP contribution in [-0.4, -0.2) is 18.7 Å². The molecular weight excluding hydrogens is 341 g/mol. The van der Waals surface area contributed by atoms with Gasteiger partial charge < -0.3 is 15.8 Å².